The van der Waals surface area contributed by atoms with Crippen molar-refractivity contribution in [3.05, 3.63) is 29.8 Å². The average molecular weight is 311 g/mol. The lowest BCUT2D eigenvalue weighted by Gasteiger charge is -2.34. The lowest BCUT2D eigenvalue weighted by molar-refractivity contribution is 0.172. The maximum atomic E-state index is 12.6. The van der Waals surface area contributed by atoms with Crippen molar-refractivity contribution in [2.45, 2.75) is 25.3 Å². The molecule has 2 rings (SSSR count). The molecule has 0 aliphatic carbocycles. The minimum Gasteiger partial charge on any atom is -0.326 e. The van der Waals surface area contributed by atoms with Gasteiger partial charge < -0.3 is 10.6 Å². The van der Waals surface area contributed by atoms with Crippen molar-refractivity contribution in [2.75, 3.05) is 32.7 Å². The summed E-state index contributed by atoms with van der Waals surface area (Å²) in [6.07, 6.45) is 0. The number of benzene rings is 1. The van der Waals surface area contributed by atoms with Gasteiger partial charge in [0.05, 0.1) is 4.90 Å². The Bertz CT molecular complexity index is 547. The van der Waals surface area contributed by atoms with Crippen LogP contribution < -0.4 is 5.73 Å². The van der Waals surface area contributed by atoms with E-state index in [9.17, 15) is 8.42 Å². The van der Waals surface area contributed by atoms with Crippen LogP contribution in [-0.2, 0) is 16.6 Å². The van der Waals surface area contributed by atoms with Crippen LogP contribution in [0.2, 0.25) is 0 Å². The SMILES string of the molecule is CC(C)CN1CCN(S(=O)(=O)c2ccc(CN)cc2)CC1. The predicted molar refractivity (Wildman–Crippen MR) is 84.4 cm³/mol. The van der Waals surface area contributed by atoms with E-state index in [1.54, 1.807) is 28.6 Å². The van der Waals surface area contributed by atoms with Crippen LogP contribution in [0.5, 0.6) is 0 Å². The molecule has 5 nitrogen and oxygen atoms in total. The van der Waals surface area contributed by atoms with Gasteiger partial charge in [0.1, 0.15) is 0 Å². The van der Waals surface area contributed by atoms with Gasteiger partial charge in [-0.1, -0.05) is 26.0 Å². The lowest BCUT2D eigenvalue weighted by atomic mass is 10.2. The summed E-state index contributed by atoms with van der Waals surface area (Å²) in [5, 5.41) is 0. The quantitative estimate of drug-likeness (QED) is 0.884. The highest BCUT2D eigenvalue weighted by molar-refractivity contribution is 7.89. The predicted octanol–water partition coefficient (Wildman–Crippen LogP) is 1.11. The first-order chi connectivity index (χ1) is 9.93. The third-order valence-corrected chi connectivity index (χ3v) is 5.66. The Kier molecular flexibility index (Phi) is 5.37. The minimum absolute atomic E-state index is 0.358. The molecule has 1 aromatic rings. The molecular formula is C15H25N3O2S. The Balaban J connectivity index is 2.03. The fourth-order valence-electron chi connectivity index (χ4n) is 2.62. The van der Waals surface area contributed by atoms with Gasteiger partial charge in [0.2, 0.25) is 10.0 Å². The average Bonchev–Trinajstić information content (AvgIpc) is 2.47. The summed E-state index contributed by atoms with van der Waals surface area (Å²) in [6.45, 7) is 8.55. The first-order valence-electron chi connectivity index (χ1n) is 7.45. The normalized spacial score (nSPS) is 18.3. The molecule has 1 aliphatic heterocycles. The van der Waals surface area contributed by atoms with Gasteiger partial charge in [0, 0.05) is 39.3 Å². The maximum absolute atomic E-state index is 12.6. The van der Waals surface area contributed by atoms with E-state index in [1.807, 2.05) is 0 Å². The third kappa shape index (κ3) is 4.03. The van der Waals surface area contributed by atoms with Gasteiger partial charge in [-0.3, -0.25) is 0 Å². The monoisotopic (exact) mass is 311 g/mol. The van der Waals surface area contributed by atoms with Crippen LogP contribution in [0.15, 0.2) is 29.2 Å². The molecule has 0 unspecified atom stereocenters. The van der Waals surface area contributed by atoms with E-state index in [0.29, 0.717) is 30.4 Å². The smallest absolute Gasteiger partial charge is 0.243 e. The van der Waals surface area contributed by atoms with Crippen molar-refractivity contribution in [2.24, 2.45) is 11.7 Å². The molecule has 21 heavy (non-hydrogen) atoms. The Morgan fingerprint density at radius 1 is 1.10 bits per heavy atom. The van der Waals surface area contributed by atoms with Crippen molar-refractivity contribution in [3.63, 3.8) is 0 Å². The molecule has 0 saturated carbocycles. The molecule has 1 fully saturated rings. The second kappa shape index (κ2) is 6.87. The van der Waals surface area contributed by atoms with E-state index >= 15 is 0 Å². The lowest BCUT2D eigenvalue weighted by Crippen LogP contribution is -2.49. The van der Waals surface area contributed by atoms with Crippen LogP contribution in [0.4, 0.5) is 0 Å². The molecule has 2 N–H and O–H groups in total. The standard InChI is InChI=1S/C15H25N3O2S/c1-13(2)12-17-7-9-18(10-8-17)21(19,20)15-5-3-14(11-16)4-6-15/h3-6,13H,7-12,16H2,1-2H3. The number of hydrogen-bond acceptors (Lipinski definition) is 4. The summed E-state index contributed by atoms with van der Waals surface area (Å²) in [6, 6.07) is 6.86. The summed E-state index contributed by atoms with van der Waals surface area (Å²) in [5.41, 5.74) is 6.48. The Morgan fingerprint density at radius 3 is 2.14 bits per heavy atom. The fraction of sp³-hybridized carbons (Fsp3) is 0.600. The summed E-state index contributed by atoms with van der Waals surface area (Å²) in [7, 11) is -3.37. The largest absolute Gasteiger partial charge is 0.326 e. The molecule has 1 aliphatic rings. The topological polar surface area (TPSA) is 66.6 Å². The van der Waals surface area contributed by atoms with Crippen LogP contribution >= 0.6 is 0 Å². The highest BCUT2D eigenvalue weighted by Gasteiger charge is 2.28. The zero-order valence-electron chi connectivity index (χ0n) is 12.8. The van der Waals surface area contributed by atoms with Crippen molar-refractivity contribution in [1.82, 2.24) is 9.21 Å². The van der Waals surface area contributed by atoms with Crippen molar-refractivity contribution < 1.29 is 8.42 Å². The summed E-state index contributed by atoms with van der Waals surface area (Å²) < 4.78 is 26.8. The fourth-order valence-corrected chi connectivity index (χ4v) is 4.04. The molecule has 0 radical (unpaired) electrons. The van der Waals surface area contributed by atoms with Crippen LogP contribution in [0.1, 0.15) is 19.4 Å². The minimum atomic E-state index is -3.37. The van der Waals surface area contributed by atoms with E-state index in [-0.39, 0.29) is 0 Å². The number of nitrogens with zero attached hydrogens (tertiary/aromatic N) is 2. The first kappa shape index (κ1) is 16.4. The van der Waals surface area contributed by atoms with Crippen LogP contribution in [0.25, 0.3) is 0 Å². The second-order valence-electron chi connectivity index (χ2n) is 5.95. The molecule has 1 aromatic carbocycles. The van der Waals surface area contributed by atoms with Gasteiger partial charge in [0.15, 0.2) is 0 Å². The van der Waals surface area contributed by atoms with Crippen LogP contribution in [0, 0.1) is 5.92 Å². The zero-order valence-corrected chi connectivity index (χ0v) is 13.6. The van der Waals surface area contributed by atoms with Crippen molar-refractivity contribution >= 4 is 10.0 Å². The molecule has 0 aromatic heterocycles. The van der Waals surface area contributed by atoms with E-state index in [1.165, 1.54) is 0 Å². The van der Waals surface area contributed by atoms with Gasteiger partial charge in [-0.2, -0.15) is 4.31 Å². The summed E-state index contributed by atoms with van der Waals surface area (Å²) in [5.74, 6) is 0.608. The number of piperazine rings is 1. The molecule has 6 heteroatoms. The summed E-state index contributed by atoms with van der Waals surface area (Å²) in [4.78, 5) is 2.69. The van der Waals surface area contributed by atoms with E-state index < -0.39 is 10.0 Å². The Morgan fingerprint density at radius 2 is 1.67 bits per heavy atom. The van der Waals surface area contributed by atoms with Crippen LogP contribution in [-0.4, -0.2) is 50.3 Å². The molecule has 0 amide bonds. The van der Waals surface area contributed by atoms with Crippen LogP contribution in [0.3, 0.4) is 0 Å². The number of rotatable bonds is 5. The molecule has 118 valence electrons. The molecule has 1 heterocycles. The highest BCUT2D eigenvalue weighted by atomic mass is 32.2. The number of nitrogens with two attached hydrogens (primary N) is 1. The Hall–Kier alpha value is -0.950. The van der Waals surface area contributed by atoms with Crippen molar-refractivity contribution in [1.29, 1.82) is 0 Å². The molecule has 1 saturated heterocycles. The maximum Gasteiger partial charge on any atom is 0.243 e. The van der Waals surface area contributed by atoms with E-state index in [2.05, 4.69) is 18.7 Å². The van der Waals surface area contributed by atoms with E-state index in [4.69, 9.17) is 5.73 Å². The van der Waals surface area contributed by atoms with E-state index in [0.717, 1.165) is 25.2 Å². The Labute approximate surface area is 127 Å². The molecule has 0 bridgehead atoms. The second-order valence-corrected chi connectivity index (χ2v) is 7.88. The van der Waals surface area contributed by atoms with Crippen molar-refractivity contribution in [3.8, 4) is 0 Å². The van der Waals surface area contributed by atoms with Gasteiger partial charge in [0.25, 0.3) is 0 Å². The number of hydrogen-bond donors (Lipinski definition) is 1. The number of sulfonamides is 1. The molecule has 0 spiro atoms. The summed E-state index contributed by atoms with van der Waals surface area (Å²) >= 11 is 0. The highest BCUT2D eigenvalue weighted by Crippen LogP contribution is 2.18. The van der Waals surface area contributed by atoms with Gasteiger partial charge >= 0.3 is 0 Å². The third-order valence-electron chi connectivity index (χ3n) is 3.75. The first-order valence-corrected chi connectivity index (χ1v) is 8.89. The zero-order chi connectivity index (χ0) is 15.5. The molecular weight excluding hydrogens is 286 g/mol. The van der Waals surface area contributed by atoms with Gasteiger partial charge in [-0.15, -0.1) is 0 Å². The van der Waals surface area contributed by atoms with Gasteiger partial charge in [-0.25, -0.2) is 8.42 Å². The van der Waals surface area contributed by atoms with Gasteiger partial charge in [-0.05, 0) is 23.6 Å². The molecule has 0 atom stereocenters.